The number of pyridine rings is 1. The van der Waals surface area contributed by atoms with Gasteiger partial charge in [0.15, 0.2) is 11.5 Å². The molecule has 0 aliphatic heterocycles. The number of amides is 1. The van der Waals surface area contributed by atoms with Crippen LogP contribution in [0.2, 0.25) is 0 Å². The monoisotopic (exact) mass is 432 g/mol. The van der Waals surface area contributed by atoms with Crippen LogP contribution in [0.4, 0.5) is 0 Å². The van der Waals surface area contributed by atoms with E-state index in [9.17, 15) is 4.79 Å². The van der Waals surface area contributed by atoms with Gasteiger partial charge in [-0.05, 0) is 61.6 Å². The third-order valence-electron chi connectivity index (χ3n) is 5.62. The molecule has 1 N–H and O–H groups in total. The summed E-state index contributed by atoms with van der Waals surface area (Å²) in [7, 11) is 3.18. The number of carbonyl (C=O) groups is 1. The van der Waals surface area contributed by atoms with Gasteiger partial charge in [0, 0.05) is 30.1 Å². The van der Waals surface area contributed by atoms with Gasteiger partial charge >= 0.3 is 0 Å². The maximum Gasteiger partial charge on any atom is 0.244 e. The lowest BCUT2D eigenvalue weighted by molar-refractivity contribution is -0.116. The third kappa shape index (κ3) is 4.82. The summed E-state index contributed by atoms with van der Waals surface area (Å²) in [5.74, 6) is 1.13. The fraction of sp³-hybridized carbons (Fsp3) is 0.320. The highest BCUT2D eigenvalue weighted by atomic mass is 16.5. The highest BCUT2D eigenvalue weighted by Gasteiger charge is 2.22. The number of hydrogen-bond acceptors (Lipinski definition) is 5. The van der Waals surface area contributed by atoms with Crippen LogP contribution in [0.15, 0.2) is 48.7 Å². The largest absolute Gasteiger partial charge is 0.493 e. The van der Waals surface area contributed by atoms with E-state index in [1.165, 1.54) is 30.2 Å². The normalized spacial score (nSPS) is 13.1. The van der Waals surface area contributed by atoms with E-state index in [0.717, 1.165) is 29.8 Å². The molecule has 0 saturated carbocycles. The standard InChI is InChI=1S/C25H28N4O3/c1-31-22-12-10-18(17-23(22)32-2)11-13-24(30)27-15-16-29-21-9-4-3-7-19(21)25(28-29)20-8-5-6-14-26-20/h5-6,8,10-14,17H,3-4,7,9,15-16H2,1-2H3,(H,27,30)/b13-11+. The molecule has 166 valence electrons. The first-order valence-electron chi connectivity index (χ1n) is 10.9. The molecule has 32 heavy (non-hydrogen) atoms. The minimum atomic E-state index is -0.147. The van der Waals surface area contributed by atoms with Gasteiger partial charge in [-0.25, -0.2) is 0 Å². The Kier molecular flexibility index (Phi) is 6.84. The molecule has 0 unspecified atom stereocenters. The smallest absolute Gasteiger partial charge is 0.244 e. The molecule has 0 radical (unpaired) electrons. The zero-order valence-electron chi connectivity index (χ0n) is 18.5. The molecule has 3 aromatic rings. The molecular formula is C25H28N4O3. The molecule has 0 bridgehead atoms. The molecule has 1 amide bonds. The fourth-order valence-corrected chi connectivity index (χ4v) is 4.04. The van der Waals surface area contributed by atoms with Crippen molar-refractivity contribution < 1.29 is 14.3 Å². The number of fused-ring (bicyclic) bond motifs is 1. The fourth-order valence-electron chi connectivity index (χ4n) is 4.04. The Labute approximate surface area is 188 Å². The Morgan fingerprint density at radius 3 is 2.75 bits per heavy atom. The Balaban J connectivity index is 1.39. The van der Waals surface area contributed by atoms with Gasteiger partial charge in [-0.15, -0.1) is 0 Å². The quantitative estimate of drug-likeness (QED) is 0.550. The lowest BCUT2D eigenvalue weighted by atomic mass is 9.95. The van der Waals surface area contributed by atoms with Crippen LogP contribution in [0.25, 0.3) is 17.5 Å². The van der Waals surface area contributed by atoms with Gasteiger partial charge in [0.2, 0.25) is 5.91 Å². The van der Waals surface area contributed by atoms with E-state index in [2.05, 4.69) is 10.3 Å². The number of aromatic nitrogens is 3. The minimum Gasteiger partial charge on any atom is -0.493 e. The number of hydrogen-bond donors (Lipinski definition) is 1. The molecule has 0 saturated heterocycles. The first-order valence-corrected chi connectivity index (χ1v) is 10.9. The average molecular weight is 433 g/mol. The molecule has 0 atom stereocenters. The second-order valence-corrected chi connectivity index (χ2v) is 7.66. The summed E-state index contributed by atoms with van der Waals surface area (Å²) >= 11 is 0. The average Bonchev–Trinajstić information content (AvgIpc) is 3.22. The van der Waals surface area contributed by atoms with Gasteiger partial charge in [-0.3, -0.25) is 14.5 Å². The Morgan fingerprint density at radius 1 is 1.12 bits per heavy atom. The number of benzene rings is 1. The van der Waals surface area contributed by atoms with Crippen molar-refractivity contribution in [2.24, 2.45) is 0 Å². The van der Waals surface area contributed by atoms with E-state index >= 15 is 0 Å². The van der Waals surface area contributed by atoms with E-state index in [0.29, 0.717) is 24.6 Å². The van der Waals surface area contributed by atoms with Gasteiger partial charge in [-0.1, -0.05) is 12.1 Å². The van der Waals surface area contributed by atoms with E-state index < -0.39 is 0 Å². The molecule has 4 rings (SSSR count). The summed E-state index contributed by atoms with van der Waals surface area (Å²) < 4.78 is 12.6. The Bertz CT molecular complexity index is 1110. The number of nitrogens with zero attached hydrogens (tertiary/aromatic N) is 3. The maximum absolute atomic E-state index is 12.3. The SMILES string of the molecule is COc1ccc(/C=C/C(=O)NCCn2nc(-c3ccccn3)c3c2CCCC3)cc1OC. The number of carbonyl (C=O) groups excluding carboxylic acids is 1. The minimum absolute atomic E-state index is 0.147. The molecule has 0 spiro atoms. The predicted octanol–water partition coefficient (Wildman–Crippen LogP) is 3.67. The van der Waals surface area contributed by atoms with Crippen LogP contribution in [-0.4, -0.2) is 41.4 Å². The number of nitrogens with one attached hydrogen (secondary N) is 1. The summed E-state index contributed by atoms with van der Waals surface area (Å²) in [6.07, 6.45) is 9.47. The van der Waals surface area contributed by atoms with Gasteiger partial charge in [0.25, 0.3) is 0 Å². The summed E-state index contributed by atoms with van der Waals surface area (Å²) in [4.78, 5) is 16.8. The van der Waals surface area contributed by atoms with Crippen molar-refractivity contribution in [1.29, 1.82) is 0 Å². The van der Waals surface area contributed by atoms with Crippen molar-refractivity contribution in [2.75, 3.05) is 20.8 Å². The molecular weight excluding hydrogens is 404 g/mol. The van der Waals surface area contributed by atoms with E-state index in [4.69, 9.17) is 14.6 Å². The van der Waals surface area contributed by atoms with Gasteiger partial charge in [0.1, 0.15) is 5.69 Å². The highest BCUT2D eigenvalue weighted by Crippen LogP contribution is 2.30. The zero-order valence-corrected chi connectivity index (χ0v) is 18.5. The molecule has 0 fully saturated rings. The predicted molar refractivity (Wildman–Crippen MR) is 124 cm³/mol. The summed E-state index contributed by atoms with van der Waals surface area (Å²) in [5.41, 5.74) is 5.31. The summed E-state index contributed by atoms with van der Waals surface area (Å²) in [6, 6.07) is 11.4. The Morgan fingerprint density at radius 2 is 1.97 bits per heavy atom. The Hall–Kier alpha value is -3.61. The van der Waals surface area contributed by atoms with E-state index in [-0.39, 0.29) is 5.91 Å². The van der Waals surface area contributed by atoms with Crippen LogP contribution >= 0.6 is 0 Å². The first-order chi connectivity index (χ1) is 15.7. The van der Waals surface area contributed by atoms with Gasteiger partial charge < -0.3 is 14.8 Å². The highest BCUT2D eigenvalue weighted by molar-refractivity contribution is 5.91. The van der Waals surface area contributed by atoms with Gasteiger partial charge in [0.05, 0.1) is 26.5 Å². The van der Waals surface area contributed by atoms with Crippen molar-refractivity contribution in [3.8, 4) is 22.9 Å². The van der Waals surface area contributed by atoms with Crippen molar-refractivity contribution in [3.05, 3.63) is 65.5 Å². The van der Waals surface area contributed by atoms with Crippen LogP contribution in [0.3, 0.4) is 0 Å². The zero-order chi connectivity index (χ0) is 22.3. The van der Waals surface area contributed by atoms with Crippen molar-refractivity contribution >= 4 is 12.0 Å². The summed E-state index contributed by atoms with van der Waals surface area (Å²) in [5, 5.41) is 7.80. The second-order valence-electron chi connectivity index (χ2n) is 7.66. The molecule has 7 nitrogen and oxygen atoms in total. The third-order valence-corrected chi connectivity index (χ3v) is 5.62. The molecule has 7 heteroatoms. The van der Waals surface area contributed by atoms with E-state index in [1.54, 1.807) is 26.5 Å². The van der Waals surface area contributed by atoms with Gasteiger partial charge in [-0.2, -0.15) is 5.10 Å². The molecule has 1 aromatic carbocycles. The van der Waals surface area contributed by atoms with Crippen molar-refractivity contribution in [2.45, 2.75) is 32.2 Å². The van der Waals surface area contributed by atoms with Crippen LogP contribution < -0.4 is 14.8 Å². The molecule has 2 aromatic heterocycles. The van der Waals surface area contributed by atoms with Crippen LogP contribution in [0, 0.1) is 0 Å². The van der Waals surface area contributed by atoms with Crippen LogP contribution in [0.5, 0.6) is 11.5 Å². The molecule has 2 heterocycles. The maximum atomic E-state index is 12.3. The van der Waals surface area contributed by atoms with Crippen LogP contribution in [-0.2, 0) is 24.2 Å². The first kappa shape index (κ1) is 21.6. The van der Waals surface area contributed by atoms with Crippen LogP contribution in [0.1, 0.15) is 29.7 Å². The number of rotatable bonds is 8. The lowest BCUT2D eigenvalue weighted by Gasteiger charge is -2.14. The summed E-state index contributed by atoms with van der Waals surface area (Å²) in [6.45, 7) is 1.13. The second kappa shape index (κ2) is 10.1. The van der Waals surface area contributed by atoms with Crippen molar-refractivity contribution in [3.63, 3.8) is 0 Å². The molecule has 1 aliphatic carbocycles. The van der Waals surface area contributed by atoms with Crippen molar-refractivity contribution in [1.82, 2.24) is 20.1 Å². The molecule has 1 aliphatic rings. The lowest BCUT2D eigenvalue weighted by Crippen LogP contribution is -2.26. The number of methoxy groups -OCH3 is 2. The topological polar surface area (TPSA) is 78.3 Å². The van der Waals surface area contributed by atoms with E-state index in [1.807, 2.05) is 41.1 Å². The number of ether oxygens (including phenoxy) is 2.